The van der Waals surface area contributed by atoms with Crippen molar-refractivity contribution in [2.24, 2.45) is 7.05 Å². The minimum Gasteiger partial charge on any atom is -0.331 e. The van der Waals surface area contributed by atoms with Crippen molar-refractivity contribution in [3.8, 4) is 0 Å². The molecule has 0 aliphatic heterocycles. The topological polar surface area (TPSA) is 17.8 Å². The lowest BCUT2D eigenvalue weighted by Gasteiger charge is -2.24. The zero-order valence-electron chi connectivity index (χ0n) is 8.70. The van der Waals surface area contributed by atoms with Gasteiger partial charge in [-0.1, -0.05) is 18.0 Å². The van der Waals surface area contributed by atoms with Crippen LogP contribution in [-0.4, -0.2) is 9.55 Å². The Balaban J connectivity index is 2.19. The number of halogens is 1. The van der Waals surface area contributed by atoms with Crippen LogP contribution in [-0.2, 0) is 7.05 Å². The average Bonchev–Trinajstić information content (AvgIpc) is 2.41. The quantitative estimate of drug-likeness (QED) is 0.720. The number of fused-ring (bicyclic) bond motifs is 1. The van der Waals surface area contributed by atoms with Gasteiger partial charge in [-0.05, 0) is 31.0 Å². The summed E-state index contributed by atoms with van der Waals surface area (Å²) in [4.78, 5) is 4.67. The second kappa shape index (κ2) is 3.24. The molecule has 78 valence electrons. The standard InChI is InChI=1S/C12H13ClN2/c1-15-11-6-5-9(13)7-10(11)14-12(15)8-3-2-4-8/h5-8H,2-4H2,1H3. The molecule has 1 aromatic carbocycles. The highest BCUT2D eigenvalue weighted by atomic mass is 35.5. The van der Waals surface area contributed by atoms with Crippen LogP contribution in [0.25, 0.3) is 11.0 Å². The minimum atomic E-state index is 0.668. The van der Waals surface area contributed by atoms with Crippen LogP contribution in [0.3, 0.4) is 0 Å². The SMILES string of the molecule is Cn1c(C2CCC2)nc2cc(Cl)ccc21. The summed E-state index contributed by atoms with van der Waals surface area (Å²) < 4.78 is 2.20. The first kappa shape index (κ1) is 9.22. The van der Waals surface area contributed by atoms with E-state index in [2.05, 4.69) is 16.6 Å². The Labute approximate surface area is 93.9 Å². The molecule has 1 saturated carbocycles. The largest absolute Gasteiger partial charge is 0.331 e. The molecule has 1 aromatic heterocycles. The van der Waals surface area contributed by atoms with Crippen LogP contribution in [0.2, 0.25) is 5.02 Å². The van der Waals surface area contributed by atoms with Crippen LogP contribution in [0.4, 0.5) is 0 Å². The highest BCUT2D eigenvalue weighted by Crippen LogP contribution is 2.36. The normalized spacial score (nSPS) is 16.9. The van der Waals surface area contributed by atoms with Gasteiger partial charge in [-0.2, -0.15) is 0 Å². The maximum atomic E-state index is 5.96. The first-order valence-electron chi connectivity index (χ1n) is 5.37. The van der Waals surface area contributed by atoms with Crippen LogP contribution >= 0.6 is 11.6 Å². The number of hydrogen-bond donors (Lipinski definition) is 0. The van der Waals surface area contributed by atoms with E-state index in [4.69, 9.17) is 11.6 Å². The number of rotatable bonds is 1. The summed E-state index contributed by atoms with van der Waals surface area (Å²) >= 11 is 5.96. The zero-order chi connectivity index (χ0) is 10.4. The average molecular weight is 221 g/mol. The highest BCUT2D eigenvalue weighted by molar-refractivity contribution is 6.31. The summed E-state index contributed by atoms with van der Waals surface area (Å²) in [6, 6.07) is 5.92. The molecule has 0 bridgehead atoms. The fourth-order valence-corrected chi connectivity index (χ4v) is 2.39. The van der Waals surface area contributed by atoms with E-state index in [1.807, 2.05) is 18.2 Å². The Bertz CT molecular complexity index is 512. The summed E-state index contributed by atoms with van der Waals surface area (Å²) in [5, 5.41) is 0.765. The first-order valence-corrected chi connectivity index (χ1v) is 5.75. The number of aryl methyl sites for hydroxylation is 1. The van der Waals surface area contributed by atoms with E-state index in [1.54, 1.807) is 0 Å². The Morgan fingerprint density at radius 2 is 2.20 bits per heavy atom. The van der Waals surface area contributed by atoms with Crippen LogP contribution < -0.4 is 0 Å². The van der Waals surface area contributed by atoms with Crippen molar-refractivity contribution in [1.29, 1.82) is 0 Å². The van der Waals surface area contributed by atoms with Gasteiger partial charge in [-0.3, -0.25) is 0 Å². The van der Waals surface area contributed by atoms with Gasteiger partial charge in [0.2, 0.25) is 0 Å². The van der Waals surface area contributed by atoms with Crippen molar-refractivity contribution >= 4 is 22.6 Å². The second-order valence-electron chi connectivity index (χ2n) is 4.29. The Morgan fingerprint density at radius 3 is 2.87 bits per heavy atom. The molecular weight excluding hydrogens is 208 g/mol. The lowest BCUT2D eigenvalue weighted by Crippen LogP contribution is -2.13. The van der Waals surface area contributed by atoms with Crippen molar-refractivity contribution < 1.29 is 0 Å². The Morgan fingerprint density at radius 1 is 1.40 bits per heavy atom. The van der Waals surface area contributed by atoms with Crippen molar-refractivity contribution in [1.82, 2.24) is 9.55 Å². The van der Waals surface area contributed by atoms with Crippen LogP contribution in [0.15, 0.2) is 18.2 Å². The molecule has 1 aliphatic carbocycles. The molecule has 15 heavy (non-hydrogen) atoms. The van der Waals surface area contributed by atoms with E-state index < -0.39 is 0 Å². The fourth-order valence-electron chi connectivity index (χ4n) is 2.22. The summed E-state index contributed by atoms with van der Waals surface area (Å²) in [7, 11) is 2.09. The summed E-state index contributed by atoms with van der Waals surface area (Å²) in [5.74, 6) is 1.89. The van der Waals surface area contributed by atoms with Gasteiger partial charge < -0.3 is 4.57 Å². The van der Waals surface area contributed by atoms with Gasteiger partial charge in [-0.15, -0.1) is 0 Å². The molecule has 3 rings (SSSR count). The van der Waals surface area contributed by atoms with Gasteiger partial charge in [0.15, 0.2) is 0 Å². The third kappa shape index (κ3) is 1.36. The number of benzene rings is 1. The molecule has 2 nitrogen and oxygen atoms in total. The van der Waals surface area contributed by atoms with Crippen molar-refractivity contribution in [3.05, 3.63) is 29.0 Å². The van der Waals surface area contributed by atoms with Crippen LogP contribution in [0.1, 0.15) is 31.0 Å². The molecule has 3 heteroatoms. The molecular formula is C12H13ClN2. The molecule has 0 saturated heterocycles. The summed E-state index contributed by atoms with van der Waals surface area (Å²) in [5.41, 5.74) is 2.20. The van der Waals surface area contributed by atoms with E-state index in [0.29, 0.717) is 5.92 Å². The molecule has 0 amide bonds. The zero-order valence-corrected chi connectivity index (χ0v) is 9.46. The predicted molar refractivity (Wildman–Crippen MR) is 62.3 cm³/mol. The third-order valence-electron chi connectivity index (χ3n) is 3.35. The smallest absolute Gasteiger partial charge is 0.112 e. The van der Waals surface area contributed by atoms with Gasteiger partial charge >= 0.3 is 0 Å². The first-order chi connectivity index (χ1) is 7.25. The lowest BCUT2D eigenvalue weighted by atomic mass is 9.85. The minimum absolute atomic E-state index is 0.668. The molecule has 1 heterocycles. The molecule has 2 aromatic rings. The molecule has 1 fully saturated rings. The number of nitrogens with zero attached hydrogens (tertiary/aromatic N) is 2. The lowest BCUT2D eigenvalue weighted by molar-refractivity contribution is 0.395. The number of imidazole rings is 1. The fraction of sp³-hybridized carbons (Fsp3) is 0.417. The third-order valence-corrected chi connectivity index (χ3v) is 3.58. The van der Waals surface area contributed by atoms with Gasteiger partial charge in [0.1, 0.15) is 5.82 Å². The summed E-state index contributed by atoms with van der Waals surface area (Å²) in [6.07, 6.45) is 3.91. The van der Waals surface area contributed by atoms with E-state index in [-0.39, 0.29) is 0 Å². The number of aromatic nitrogens is 2. The molecule has 0 unspecified atom stereocenters. The Kier molecular flexibility index (Phi) is 1.99. The maximum Gasteiger partial charge on any atom is 0.112 e. The van der Waals surface area contributed by atoms with Gasteiger partial charge in [0.05, 0.1) is 11.0 Å². The van der Waals surface area contributed by atoms with Crippen molar-refractivity contribution in [2.45, 2.75) is 25.2 Å². The molecule has 1 aliphatic rings. The van der Waals surface area contributed by atoms with E-state index in [0.717, 1.165) is 10.5 Å². The van der Waals surface area contributed by atoms with E-state index in [1.165, 1.54) is 30.6 Å². The molecule has 0 spiro atoms. The summed E-state index contributed by atoms with van der Waals surface area (Å²) in [6.45, 7) is 0. The molecule has 0 N–H and O–H groups in total. The molecule has 0 radical (unpaired) electrons. The number of hydrogen-bond acceptors (Lipinski definition) is 1. The van der Waals surface area contributed by atoms with Crippen molar-refractivity contribution in [2.75, 3.05) is 0 Å². The van der Waals surface area contributed by atoms with Gasteiger partial charge in [0, 0.05) is 18.0 Å². The van der Waals surface area contributed by atoms with E-state index in [9.17, 15) is 0 Å². The maximum absolute atomic E-state index is 5.96. The van der Waals surface area contributed by atoms with Crippen LogP contribution in [0, 0.1) is 0 Å². The van der Waals surface area contributed by atoms with Crippen LogP contribution in [0.5, 0.6) is 0 Å². The van der Waals surface area contributed by atoms with Gasteiger partial charge in [-0.25, -0.2) is 4.98 Å². The highest BCUT2D eigenvalue weighted by Gasteiger charge is 2.24. The van der Waals surface area contributed by atoms with Gasteiger partial charge in [0.25, 0.3) is 0 Å². The van der Waals surface area contributed by atoms with Crippen molar-refractivity contribution in [3.63, 3.8) is 0 Å². The second-order valence-corrected chi connectivity index (χ2v) is 4.73. The monoisotopic (exact) mass is 220 g/mol. The van der Waals surface area contributed by atoms with E-state index >= 15 is 0 Å². The predicted octanol–water partition coefficient (Wildman–Crippen LogP) is 3.49. The molecule has 0 atom stereocenters. The Hall–Kier alpha value is -1.02.